The van der Waals surface area contributed by atoms with Gasteiger partial charge in [-0.25, -0.2) is 4.98 Å². The van der Waals surface area contributed by atoms with E-state index >= 15 is 0 Å². The molecule has 4 heteroatoms. The van der Waals surface area contributed by atoms with Crippen molar-refractivity contribution in [1.29, 1.82) is 5.26 Å². The quantitative estimate of drug-likeness (QED) is 0.810. The zero-order chi connectivity index (χ0) is 11.8. The number of hydrogen-bond donors (Lipinski definition) is 2. The van der Waals surface area contributed by atoms with Crippen molar-refractivity contribution in [3.8, 4) is 6.07 Å². The lowest BCUT2D eigenvalue weighted by Gasteiger charge is -2.09. The third-order valence-electron chi connectivity index (χ3n) is 3.28. The first-order chi connectivity index (χ1) is 7.53. The monoisotopic (exact) mass is 216 g/mol. The molecule has 0 radical (unpaired) electrons. The van der Waals surface area contributed by atoms with Crippen LogP contribution in [0.4, 0.5) is 11.5 Å². The first-order valence-electron chi connectivity index (χ1n) is 5.42. The second kappa shape index (κ2) is 3.67. The normalized spacial score (nSPS) is 21.2. The van der Waals surface area contributed by atoms with Gasteiger partial charge in [-0.15, -0.1) is 0 Å². The van der Waals surface area contributed by atoms with Crippen molar-refractivity contribution < 1.29 is 0 Å². The molecule has 1 aromatic heterocycles. The number of nitrogens with one attached hydrogen (secondary N) is 1. The zero-order valence-corrected chi connectivity index (χ0v) is 9.62. The van der Waals surface area contributed by atoms with Gasteiger partial charge in [0.05, 0.1) is 11.3 Å². The van der Waals surface area contributed by atoms with Gasteiger partial charge in [-0.2, -0.15) is 5.26 Å². The van der Waals surface area contributed by atoms with E-state index in [1.54, 1.807) is 6.07 Å². The molecule has 0 bridgehead atoms. The highest BCUT2D eigenvalue weighted by Gasteiger charge is 2.45. The maximum atomic E-state index is 8.68. The van der Waals surface area contributed by atoms with E-state index in [9.17, 15) is 0 Å². The Balaban J connectivity index is 1.98. The molecule has 1 unspecified atom stereocenters. The average molecular weight is 216 g/mol. The van der Waals surface area contributed by atoms with Crippen LogP contribution in [0.15, 0.2) is 12.3 Å². The Kier molecular flexibility index (Phi) is 2.47. The van der Waals surface area contributed by atoms with Gasteiger partial charge in [-0.05, 0) is 23.8 Å². The molecule has 1 fully saturated rings. The highest BCUT2D eigenvalue weighted by molar-refractivity contribution is 5.63. The number of nitrogen functional groups attached to an aromatic ring is 1. The van der Waals surface area contributed by atoms with Crippen LogP contribution in [-0.4, -0.2) is 11.5 Å². The topological polar surface area (TPSA) is 74.7 Å². The summed E-state index contributed by atoms with van der Waals surface area (Å²) in [4.78, 5) is 4.14. The number of anilines is 2. The van der Waals surface area contributed by atoms with E-state index in [1.807, 2.05) is 6.07 Å². The number of nitriles is 1. The van der Waals surface area contributed by atoms with Crippen LogP contribution >= 0.6 is 0 Å². The number of pyridine rings is 1. The van der Waals surface area contributed by atoms with Crippen LogP contribution in [0.5, 0.6) is 0 Å². The van der Waals surface area contributed by atoms with E-state index in [-0.39, 0.29) is 0 Å². The predicted octanol–water partition coefficient (Wildman–Crippen LogP) is 1.99. The van der Waals surface area contributed by atoms with Crippen molar-refractivity contribution in [3.05, 3.63) is 17.8 Å². The summed E-state index contributed by atoms with van der Waals surface area (Å²) in [5.74, 6) is 1.38. The molecule has 0 amide bonds. The van der Waals surface area contributed by atoms with E-state index < -0.39 is 0 Å². The van der Waals surface area contributed by atoms with Gasteiger partial charge in [0.1, 0.15) is 11.9 Å². The summed E-state index contributed by atoms with van der Waals surface area (Å²) in [5.41, 5.74) is 7.28. The third kappa shape index (κ3) is 2.08. The Labute approximate surface area is 95.5 Å². The lowest BCUT2D eigenvalue weighted by Crippen LogP contribution is -2.10. The highest BCUT2D eigenvalue weighted by atomic mass is 15.0. The Bertz CT molecular complexity index is 445. The van der Waals surface area contributed by atoms with Gasteiger partial charge in [-0.3, -0.25) is 0 Å². The first kappa shape index (κ1) is 10.7. The summed E-state index contributed by atoms with van der Waals surface area (Å²) < 4.78 is 0. The maximum absolute atomic E-state index is 8.68. The lowest BCUT2D eigenvalue weighted by atomic mass is 10.1. The number of hydrogen-bond acceptors (Lipinski definition) is 4. The zero-order valence-electron chi connectivity index (χ0n) is 9.62. The Morgan fingerprint density at radius 2 is 2.38 bits per heavy atom. The minimum atomic E-state index is 0.453. The molecule has 1 heterocycles. The summed E-state index contributed by atoms with van der Waals surface area (Å²) in [6, 6.07) is 3.66. The molecule has 1 saturated carbocycles. The van der Waals surface area contributed by atoms with Crippen molar-refractivity contribution in [1.82, 2.24) is 4.98 Å². The summed E-state index contributed by atoms with van der Waals surface area (Å²) in [5, 5.41) is 11.9. The van der Waals surface area contributed by atoms with Gasteiger partial charge in [0, 0.05) is 12.7 Å². The largest absolute Gasteiger partial charge is 0.396 e. The van der Waals surface area contributed by atoms with Crippen molar-refractivity contribution in [3.63, 3.8) is 0 Å². The van der Waals surface area contributed by atoms with Gasteiger partial charge >= 0.3 is 0 Å². The van der Waals surface area contributed by atoms with Crippen LogP contribution in [-0.2, 0) is 0 Å². The maximum Gasteiger partial charge on any atom is 0.149 e. The lowest BCUT2D eigenvalue weighted by molar-refractivity contribution is 0.573. The molecular weight excluding hydrogens is 200 g/mol. The van der Waals surface area contributed by atoms with E-state index in [0.29, 0.717) is 28.4 Å². The van der Waals surface area contributed by atoms with Crippen molar-refractivity contribution in [2.75, 3.05) is 17.6 Å². The standard InChI is InChI=1S/C12H16N4/c1-12(2)4-9(12)7-16-11-10(14)3-8(5-13)6-15-11/h3,6,9H,4,7,14H2,1-2H3,(H,15,16). The van der Waals surface area contributed by atoms with E-state index in [0.717, 1.165) is 6.54 Å². The third-order valence-corrected chi connectivity index (χ3v) is 3.28. The minimum absolute atomic E-state index is 0.453. The Hall–Kier alpha value is -1.76. The highest BCUT2D eigenvalue weighted by Crippen LogP contribution is 2.51. The summed E-state index contributed by atoms with van der Waals surface area (Å²) in [6.45, 7) is 5.42. The molecule has 4 nitrogen and oxygen atoms in total. The van der Waals surface area contributed by atoms with Crippen LogP contribution in [0, 0.1) is 22.7 Å². The fourth-order valence-corrected chi connectivity index (χ4v) is 1.84. The van der Waals surface area contributed by atoms with Gasteiger partial charge in [0.2, 0.25) is 0 Å². The SMILES string of the molecule is CC1(C)CC1CNc1ncc(C#N)cc1N. The molecule has 0 aliphatic heterocycles. The van der Waals surface area contributed by atoms with Crippen LogP contribution in [0.2, 0.25) is 0 Å². The first-order valence-corrected chi connectivity index (χ1v) is 5.42. The number of nitrogens with zero attached hydrogens (tertiary/aromatic N) is 2. The van der Waals surface area contributed by atoms with Gasteiger partial charge in [-0.1, -0.05) is 13.8 Å². The molecule has 1 aromatic rings. The molecule has 0 saturated heterocycles. The average Bonchev–Trinajstić information content (AvgIpc) is 2.84. The minimum Gasteiger partial charge on any atom is -0.396 e. The molecule has 1 atom stereocenters. The fraction of sp³-hybridized carbons (Fsp3) is 0.500. The van der Waals surface area contributed by atoms with Crippen molar-refractivity contribution >= 4 is 11.5 Å². The predicted molar refractivity (Wildman–Crippen MR) is 63.7 cm³/mol. The number of nitrogens with two attached hydrogens (primary N) is 1. The molecule has 0 aromatic carbocycles. The van der Waals surface area contributed by atoms with Crippen LogP contribution in [0.25, 0.3) is 0 Å². The number of aromatic nitrogens is 1. The molecule has 16 heavy (non-hydrogen) atoms. The van der Waals surface area contributed by atoms with Crippen LogP contribution in [0.3, 0.4) is 0 Å². The number of rotatable bonds is 3. The summed E-state index contributed by atoms with van der Waals surface area (Å²) in [6.07, 6.45) is 2.78. The second-order valence-corrected chi connectivity index (χ2v) is 5.04. The van der Waals surface area contributed by atoms with Gasteiger partial charge in [0.15, 0.2) is 0 Å². The van der Waals surface area contributed by atoms with Crippen molar-refractivity contribution in [2.45, 2.75) is 20.3 Å². The molecular formula is C12H16N4. The summed E-state index contributed by atoms with van der Waals surface area (Å²) in [7, 11) is 0. The molecule has 1 aliphatic rings. The molecule has 1 aliphatic carbocycles. The van der Waals surface area contributed by atoms with E-state index in [2.05, 4.69) is 24.1 Å². The van der Waals surface area contributed by atoms with Gasteiger partial charge in [0.25, 0.3) is 0 Å². The smallest absolute Gasteiger partial charge is 0.149 e. The molecule has 0 spiro atoms. The Morgan fingerprint density at radius 1 is 1.69 bits per heavy atom. The van der Waals surface area contributed by atoms with Crippen molar-refractivity contribution in [2.24, 2.45) is 11.3 Å². The fourth-order valence-electron chi connectivity index (χ4n) is 1.84. The molecule has 84 valence electrons. The van der Waals surface area contributed by atoms with Gasteiger partial charge < -0.3 is 11.1 Å². The van der Waals surface area contributed by atoms with Crippen LogP contribution < -0.4 is 11.1 Å². The van der Waals surface area contributed by atoms with Crippen LogP contribution in [0.1, 0.15) is 25.8 Å². The Morgan fingerprint density at radius 3 is 2.88 bits per heavy atom. The molecule has 3 N–H and O–H groups in total. The molecule has 2 rings (SSSR count). The van der Waals surface area contributed by atoms with E-state index in [1.165, 1.54) is 12.6 Å². The second-order valence-electron chi connectivity index (χ2n) is 5.04. The summed E-state index contributed by atoms with van der Waals surface area (Å²) >= 11 is 0. The van der Waals surface area contributed by atoms with E-state index in [4.69, 9.17) is 11.0 Å².